The number of nitrogen functional groups attached to an aromatic ring is 2. The van der Waals surface area contributed by atoms with Crippen LogP contribution in [0.15, 0.2) is 49.6 Å². The Morgan fingerprint density at radius 3 is 2.03 bits per heavy atom. The van der Waals surface area contributed by atoms with Gasteiger partial charge in [0.2, 0.25) is 0 Å². The van der Waals surface area contributed by atoms with Crippen LogP contribution in [0.2, 0.25) is 0 Å². The molecule has 5 nitrogen and oxygen atoms in total. The number of benzene rings is 2. The third-order valence-corrected chi connectivity index (χ3v) is 5.68. The number of carbonyl (C=O) groups excluding carboxylic acids is 1. The van der Waals surface area contributed by atoms with Crippen LogP contribution in [0, 0.1) is 16.7 Å². The van der Waals surface area contributed by atoms with Crippen LogP contribution in [-0.4, -0.2) is 13.1 Å². The number of nitrogens with two attached hydrogens (primary N) is 2. The first kappa shape index (κ1) is 27.8. The Morgan fingerprint density at radius 2 is 1.61 bits per heavy atom. The van der Waals surface area contributed by atoms with Crippen molar-refractivity contribution in [2.45, 2.75) is 48.0 Å². The molecule has 0 amide bonds. The number of hydrogen-bond donors (Lipinski definition) is 2. The van der Waals surface area contributed by atoms with Gasteiger partial charge < -0.3 is 20.9 Å². The van der Waals surface area contributed by atoms with Gasteiger partial charge in [-0.15, -0.1) is 0 Å². The summed E-state index contributed by atoms with van der Waals surface area (Å²) in [7, 11) is 1.60. The minimum atomic E-state index is -0.587. The summed E-state index contributed by atoms with van der Waals surface area (Å²) in [5.74, 6) is 1.01. The molecule has 0 aromatic heterocycles. The van der Waals surface area contributed by atoms with E-state index >= 15 is 0 Å². The molecule has 0 radical (unpaired) electrons. The summed E-state index contributed by atoms with van der Waals surface area (Å²) in [6, 6.07) is 10.9. The SMILES string of the molecule is C=Cc1ccc(OC(=O)C(C)(CC(C)(C)C)C(C)C)c(N)c1C=C.COc1ccccc1N. The average Bonchev–Trinajstić information content (AvgIpc) is 2.74. The molecule has 0 saturated carbocycles. The molecule has 0 spiro atoms. The first-order chi connectivity index (χ1) is 15.3. The van der Waals surface area contributed by atoms with Crippen LogP contribution < -0.4 is 20.9 Å². The molecule has 2 aromatic carbocycles. The fraction of sp³-hybridized carbons (Fsp3) is 0.393. The molecule has 2 rings (SSSR count). The van der Waals surface area contributed by atoms with Crippen molar-refractivity contribution >= 4 is 29.5 Å². The van der Waals surface area contributed by atoms with Gasteiger partial charge in [0.1, 0.15) is 5.75 Å². The summed E-state index contributed by atoms with van der Waals surface area (Å²) in [6.07, 6.45) is 4.09. The lowest BCUT2D eigenvalue weighted by Crippen LogP contribution is -2.40. The Morgan fingerprint density at radius 1 is 1.00 bits per heavy atom. The molecule has 4 N–H and O–H groups in total. The number of ether oxygens (including phenoxy) is 2. The van der Waals surface area contributed by atoms with Crippen molar-refractivity contribution in [2.75, 3.05) is 18.6 Å². The molecule has 5 heteroatoms. The molecule has 1 unspecified atom stereocenters. The van der Waals surface area contributed by atoms with Crippen molar-refractivity contribution in [3.05, 3.63) is 60.7 Å². The number of methoxy groups -OCH3 is 1. The molecule has 0 fully saturated rings. The van der Waals surface area contributed by atoms with Crippen molar-refractivity contribution < 1.29 is 14.3 Å². The maximum atomic E-state index is 12.9. The molecule has 0 aliphatic carbocycles. The molecule has 0 aliphatic rings. The van der Waals surface area contributed by atoms with Crippen molar-refractivity contribution in [2.24, 2.45) is 16.7 Å². The molecule has 0 saturated heterocycles. The van der Waals surface area contributed by atoms with E-state index in [1.165, 1.54) is 0 Å². The summed E-state index contributed by atoms with van der Waals surface area (Å²) < 4.78 is 10.6. The van der Waals surface area contributed by atoms with E-state index in [1.807, 2.05) is 45.0 Å². The first-order valence-electron chi connectivity index (χ1n) is 11.1. The summed E-state index contributed by atoms with van der Waals surface area (Å²) >= 11 is 0. The Kier molecular flexibility index (Phi) is 9.78. The maximum absolute atomic E-state index is 12.9. The van der Waals surface area contributed by atoms with Crippen molar-refractivity contribution in [1.29, 1.82) is 0 Å². The van der Waals surface area contributed by atoms with Gasteiger partial charge in [-0.1, -0.05) is 78.1 Å². The van der Waals surface area contributed by atoms with Gasteiger partial charge in [0.05, 0.1) is 23.9 Å². The highest BCUT2D eigenvalue weighted by Gasteiger charge is 2.41. The molecule has 0 heterocycles. The molecule has 33 heavy (non-hydrogen) atoms. The zero-order chi connectivity index (χ0) is 25.4. The number of carbonyl (C=O) groups is 1. The van der Waals surface area contributed by atoms with E-state index in [0.29, 0.717) is 17.1 Å². The zero-order valence-corrected chi connectivity index (χ0v) is 21.2. The highest BCUT2D eigenvalue weighted by Crippen LogP contribution is 2.41. The second kappa shape index (κ2) is 11.6. The minimum Gasteiger partial charge on any atom is -0.495 e. The van der Waals surface area contributed by atoms with Gasteiger partial charge in [0.25, 0.3) is 0 Å². The lowest BCUT2D eigenvalue weighted by atomic mass is 9.69. The fourth-order valence-electron chi connectivity index (χ4n) is 3.62. The Labute approximate surface area is 199 Å². The Hall–Kier alpha value is -3.21. The molecule has 0 aliphatic heterocycles. The largest absolute Gasteiger partial charge is 0.495 e. The summed E-state index contributed by atoms with van der Waals surface area (Å²) in [5.41, 5.74) is 13.8. The average molecular weight is 453 g/mol. The minimum absolute atomic E-state index is 0.0164. The normalized spacial score (nSPS) is 12.7. The number of esters is 1. The Balaban J connectivity index is 0.000000502. The van der Waals surface area contributed by atoms with Gasteiger partial charge in [-0.05, 0) is 48.4 Å². The van der Waals surface area contributed by atoms with Crippen LogP contribution in [0.3, 0.4) is 0 Å². The van der Waals surface area contributed by atoms with Crippen molar-refractivity contribution in [1.82, 2.24) is 0 Å². The van der Waals surface area contributed by atoms with E-state index in [9.17, 15) is 4.79 Å². The van der Waals surface area contributed by atoms with Crippen molar-refractivity contribution in [3.8, 4) is 11.5 Å². The molecule has 2 aromatic rings. The standard InChI is InChI=1S/C21H31NO2.C7H9NO/c1-9-15-11-12-17(18(22)16(15)10-2)24-19(23)21(8,14(3)4)13-20(5,6)7;1-9-7-5-3-2-4-6(7)8/h9-12,14H,1-2,13,22H2,3-8H3;2-5H,8H2,1H3. The topological polar surface area (TPSA) is 87.6 Å². The fourth-order valence-corrected chi connectivity index (χ4v) is 3.62. The van der Waals surface area contributed by atoms with Crippen LogP contribution >= 0.6 is 0 Å². The first-order valence-corrected chi connectivity index (χ1v) is 11.1. The van der Waals surface area contributed by atoms with E-state index in [1.54, 1.807) is 31.4 Å². The van der Waals surface area contributed by atoms with E-state index in [0.717, 1.165) is 23.3 Å². The maximum Gasteiger partial charge on any atom is 0.317 e. The highest BCUT2D eigenvalue weighted by molar-refractivity contribution is 5.84. The van der Waals surface area contributed by atoms with Gasteiger partial charge in [-0.3, -0.25) is 4.79 Å². The van der Waals surface area contributed by atoms with E-state index < -0.39 is 5.41 Å². The third kappa shape index (κ3) is 7.41. The lowest BCUT2D eigenvalue weighted by Gasteiger charge is -2.36. The van der Waals surface area contributed by atoms with Crippen LogP contribution in [0.5, 0.6) is 11.5 Å². The van der Waals surface area contributed by atoms with Crippen LogP contribution in [0.25, 0.3) is 12.2 Å². The predicted molar refractivity (Wildman–Crippen MR) is 141 cm³/mol. The van der Waals surface area contributed by atoms with Crippen LogP contribution in [0.4, 0.5) is 11.4 Å². The van der Waals surface area contributed by atoms with E-state index in [4.69, 9.17) is 20.9 Å². The highest BCUT2D eigenvalue weighted by atomic mass is 16.5. The second-order valence-corrected chi connectivity index (χ2v) is 9.83. The Bertz CT molecular complexity index is 974. The summed E-state index contributed by atoms with van der Waals surface area (Å²) in [4.78, 5) is 12.9. The van der Waals surface area contributed by atoms with Crippen LogP contribution in [0.1, 0.15) is 59.1 Å². The molecule has 1 atom stereocenters. The molecular formula is C28H40N2O3. The van der Waals surface area contributed by atoms with Gasteiger partial charge >= 0.3 is 5.97 Å². The van der Waals surface area contributed by atoms with Gasteiger partial charge in [0.15, 0.2) is 5.75 Å². The van der Waals surface area contributed by atoms with Gasteiger partial charge in [-0.25, -0.2) is 0 Å². The lowest BCUT2D eigenvalue weighted by molar-refractivity contribution is -0.149. The van der Waals surface area contributed by atoms with Crippen molar-refractivity contribution in [3.63, 3.8) is 0 Å². The second-order valence-electron chi connectivity index (χ2n) is 9.83. The smallest absolute Gasteiger partial charge is 0.317 e. The molecular weight excluding hydrogens is 412 g/mol. The number of hydrogen-bond acceptors (Lipinski definition) is 5. The number of rotatable bonds is 7. The summed E-state index contributed by atoms with van der Waals surface area (Å²) in [6.45, 7) is 20.0. The van der Waals surface area contributed by atoms with Crippen LogP contribution in [-0.2, 0) is 4.79 Å². The van der Waals surface area contributed by atoms with E-state index in [2.05, 4.69) is 33.9 Å². The van der Waals surface area contributed by atoms with Gasteiger partial charge in [0, 0.05) is 5.56 Å². The van der Waals surface area contributed by atoms with E-state index in [-0.39, 0.29) is 17.3 Å². The zero-order valence-electron chi connectivity index (χ0n) is 21.2. The monoisotopic (exact) mass is 452 g/mol. The quantitative estimate of drug-likeness (QED) is 0.273. The number of para-hydroxylation sites is 2. The number of anilines is 2. The molecule has 180 valence electrons. The third-order valence-electron chi connectivity index (χ3n) is 5.68. The van der Waals surface area contributed by atoms with Gasteiger partial charge in [-0.2, -0.15) is 0 Å². The predicted octanol–water partition coefficient (Wildman–Crippen LogP) is 6.84. The summed E-state index contributed by atoms with van der Waals surface area (Å²) in [5, 5.41) is 0. The molecule has 0 bridgehead atoms.